The van der Waals surface area contributed by atoms with Gasteiger partial charge in [0.1, 0.15) is 11.2 Å². The van der Waals surface area contributed by atoms with Crippen LogP contribution in [0, 0.1) is 0 Å². The largest absolute Gasteiger partial charge is 0.444 e. The van der Waals surface area contributed by atoms with Crippen LogP contribution in [0.2, 0.25) is 0 Å². The topological polar surface area (TPSA) is 141 Å². The summed E-state index contributed by atoms with van der Waals surface area (Å²) in [5, 5.41) is 10.7. The number of ether oxygens (including phenoxy) is 2. The number of hydrogen-bond donors (Lipinski definition) is 4. The van der Waals surface area contributed by atoms with E-state index in [1.54, 1.807) is 41.5 Å². The van der Waals surface area contributed by atoms with Gasteiger partial charge in [-0.2, -0.15) is 0 Å². The molecule has 4 amide bonds. The maximum Gasteiger partial charge on any atom is 0.407 e. The van der Waals surface area contributed by atoms with Crippen LogP contribution in [-0.4, -0.2) is 111 Å². The van der Waals surface area contributed by atoms with E-state index >= 15 is 0 Å². The van der Waals surface area contributed by atoms with E-state index in [0.29, 0.717) is 52.1 Å². The monoisotopic (exact) mass is 516 g/mol. The van der Waals surface area contributed by atoms with Crippen LogP contribution in [0.3, 0.4) is 0 Å². The molecule has 0 heterocycles. The van der Waals surface area contributed by atoms with Crippen LogP contribution in [-0.2, 0) is 19.1 Å². The lowest BCUT2D eigenvalue weighted by molar-refractivity contribution is -0.122. The highest BCUT2D eigenvalue weighted by atomic mass is 16.6. The summed E-state index contributed by atoms with van der Waals surface area (Å²) in [5.41, 5.74) is -1.11. The van der Waals surface area contributed by atoms with Gasteiger partial charge in [-0.25, -0.2) is 9.59 Å². The lowest BCUT2D eigenvalue weighted by Crippen LogP contribution is -2.39. The highest BCUT2D eigenvalue weighted by Gasteiger charge is 2.16. The Morgan fingerprint density at radius 2 is 0.861 bits per heavy atom. The molecule has 12 heteroatoms. The van der Waals surface area contributed by atoms with Crippen LogP contribution in [0.4, 0.5) is 9.59 Å². The van der Waals surface area contributed by atoms with Crippen molar-refractivity contribution in [1.82, 2.24) is 31.1 Å². The van der Waals surface area contributed by atoms with E-state index in [-0.39, 0.29) is 11.8 Å². The van der Waals surface area contributed by atoms with Gasteiger partial charge < -0.3 is 40.5 Å². The van der Waals surface area contributed by atoms with Crippen molar-refractivity contribution in [3.63, 3.8) is 0 Å². The lowest BCUT2D eigenvalue weighted by Gasteiger charge is -2.22. The molecule has 0 spiro atoms. The molecule has 0 aromatic carbocycles. The minimum atomic E-state index is -0.555. The van der Waals surface area contributed by atoms with Gasteiger partial charge in [-0.05, 0) is 55.6 Å². The second kappa shape index (κ2) is 17.0. The Kier molecular flexibility index (Phi) is 15.7. The number of hydrogen-bond acceptors (Lipinski definition) is 8. The summed E-state index contributed by atoms with van der Waals surface area (Å²) < 4.78 is 10.3. The van der Waals surface area contributed by atoms with Crippen LogP contribution in [0.15, 0.2) is 0 Å². The Hall–Kier alpha value is -2.60. The molecular weight excluding hydrogens is 468 g/mol. The van der Waals surface area contributed by atoms with Gasteiger partial charge in [0.2, 0.25) is 11.8 Å². The van der Waals surface area contributed by atoms with Gasteiger partial charge in [0.15, 0.2) is 0 Å². The molecule has 210 valence electrons. The third-order valence-corrected chi connectivity index (χ3v) is 4.54. The van der Waals surface area contributed by atoms with Crippen molar-refractivity contribution in [2.75, 3.05) is 66.5 Å². The van der Waals surface area contributed by atoms with E-state index < -0.39 is 23.4 Å². The summed E-state index contributed by atoms with van der Waals surface area (Å²) in [5.74, 6) is -0.168. The molecule has 0 aliphatic rings. The summed E-state index contributed by atoms with van der Waals surface area (Å²) >= 11 is 0. The zero-order valence-corrected chi connectivity index (χ0v) is 23.4. The van der Waals surface area contributed by atoms with Crippen molar-refractivity contribution < 1.29 is 28.7 Å². The van der Waals surface area contributed by atoms with Gasteiger partial charge in [-0.1, -0.05) is 0 Å². The number of nitrogens with one attached hydrogen (secondary N) is 4. The molecule has 4 N–H and O–H groups in total. The van der Waals surface area contributed by atoms with Crippen LogP contribution < -0.4 is 21.3 Å². The van der Waals surface area contributed by atoms with Crippen molar-refractivity contribution in [3.8, 4) is 0 Å². The fourth-order valence-electron chi connectivity index (χ4n) is 2.69. The fraction of sp³-hybridized carbons (Fsp3) is 0.833. The minimum Gasteiger partial charge on any atom is -0.444 e. The minimum absolute atomic E-state index is 0.0842. The summed E-state index contributed by atoms with van der Waals surface area (Å²) in [6.07, 6.45) is -0.305. The molecule has 0 unspecified atom stereocenters. The number of nitrogens with zero attached hydrogens (tertiary/aromatic N) is 2. The maximum absolute atomic E-state index is 12.0. The smallest absolute Gasteiger partial charge is 0.407 e. The van der Waals surface area contributed by atoms with Crippen molar-refractivity contribution >= 4 is 24.0 Å². The van der Waals surface area contributed by atoms with Gasteiger partial charge in [0.05, 0.1) is 0 Å². The van der Waals surface area contributed by atoms with Crippen molar-refractivity contribution in [2.24, 2.45) is 0 Å². The molecule has 0 aliphatic heterocycles. The number of amides is 4. The molecule has 12 nitrogen and oxygen atoms in total. The van der Waals surface area contributed by atoms with E-state index in [0.717, 1.165) is 13.1 Å². The van der Waals surface area contributed by atoms with Crippen molar-refractivity contribution in [1.29, 1.82) is 0 Å². The molecule has 0 saturated heterocycles. The van der Waals surface area contributed by atoms with Crippen LogP contribution >= 0.6 is 0 Å². The fourth-order valence-corrected chi connectivity index (χ4v) is 2.69. The third kappa shape index (κ3) is 21.9. The summed E-state index contributed by atoms with van der Waals surface area (Å²) in [6.45, 7) is 14.7. The first-order chi connectivity index (χ1) is 16.6. The molecule has 0 aliphatic carbocycles. The van der Waals surface area contributed by atoms with Gasteiger partial charge in [0.25, 0.3) is 0 Å². The zero-order chi connectivity index (χ0) is 27.8. The van der Waals surface area contributed by atoms with E-state index in [4.69, 9.17) is 9.47 Å². The Bertz CT molecular complexity index is 632. The highest BCUT2D eigenvalue weighted by Crippen LogP contribution is 2.06. The van der Waals surface area contributed by atoms with Crippen LogP contribution in [0.25, 0.3) is 0 Å². The molecule has 0 aromatic heterocycles. The van der Waals surface area contributed by atoms with E-state index in [2.05, 4.69) is 31.1 Å². The molecule has 0 bridgehead atoms. The number of carbonyl (C=O) groups is 4. The predicted octanol–water partition coefficient (Wildman–Crippen LogP) is 0.912. The molecule has 36 heavy (non-hydrogen) atoms. The zero-order valence-electron chi connectivity index (χ0n) is 23.4. The van der Waals surface area contributed by atoms with Gasteiger partial charge >= 0.3 is 12.2 Å². The number of rotatable bonds is 15. The molecule has 0 radical (unpaired) electrons. The number of likely N-dealkylation sites (N-methyl/N-ethyl adjacent to an activating group) is 2. The Morgan fingerprint density at radius 3 is 1.17 bits per heavy atom. The Balaban J connectivity index is 3.81. The number of carbonyl (C=O) groups excluding carboxylic acids is 4. The first kappa shape index (κ1) is 33.4. The molecule has 0 fully saturated rings. The maximum atomic E-state index is 12.0. The average molecular weight is 517 g/mol. The van der Waals surface area contributed by atoms with Crippen molar-refractivity contribution in [2.45, 2.75) is 65.6 Å². The van der Waals surface area contributed by atoms with Gasteiger partial charge in [-0.3, -0.25) is 9.59 Å². The molecule has 0 rings (SSSR count). The second-order valence-corrected chi connectivity index (χ2v) is 10.7. The molecular formula is C24H48N6O6. The van der Waals surface area contributed by atoms with E-state index in [1.807, 2.05) is 14.1 Å². The predicted molar refractivity (Wildman–Crippen MR) is 139 cm³/mol. The lowest BCUT2D eigenvalue weighted by atomic mass is 10.2. The average Bonchev–Trinajstić information content (AvgIpc) is 2.72. The highest BCUT2D eigenvalue weighted by molar-refractivity contribution is 5.76. The second-order valence-electron chi connectivity index (χ2n) is 10.7. The first-order valence-electron chi connectivity index (χ1n) is 12.4. The molecule has 0 saturated carbocycles. The number of alkyl carbamates (subject to hydrolysis) is 2. The summed E-state index contributed by atoms with van der Waals surface area (Å²) in [6, 6.07) is 0. The summed E-state index contributed by atoms with van der Waals surface area (Å²) in [7, 11) is 3.88. The van der Waals surface area contributed by atoms with Gasteiger partial charge in [-0.15, -0.1) is 0 Å². The Morgan fingerprint density at radius 1 is 0.556 bits per heavy atom. The third-order valence-electron chi connectivity index (χ3n) is 4.54. The van der Waals surface area contributed by atoms with E-state index in [1.165, 1.54) is 0 Å². The molecule has 0 aromatic rings. The standard InChI is InChI=1S/C24H48N6O6/c1-23(2,3)35-21(33)27-13-11-25-19(31)9-15-29(7)17-18-30(8)16-10-20(32)26-12-14-28-22(34)36-24(4,5)6/h9-18H2,1-8H3,(H,25,31)(H,26,32)(H,27,33)(H,28,34). The quantitative estimate of drug-likeness (QED) is 0.235. The SMILES string of the molecule is CN(CCC(=O)NCCNC(=O)OC(C)(C)C)CCN(C)CCC(=O)NCCNC(=O)OC(C)(C)C. The Labute approximate surface area is 216 Å². The first-order valence-corrected chi connectivity index (χ1v) is 12.4. The van der Waals surface area contributed by atoms with Crippen molar-refractivity contribution in [3.05, 3.63) is 0 Å². The summed E-state index contributed by atoms with van der Waals surface area (Å²) in [4.78, 5) is 51.2. The van der Waals surface area contributed by atoms with Gasteiger partial charge in [0, 0.05) is 65.2 Å². The van der Waals surface area contributed by atoms with Crippen LogP contribution in [0.1, 0.15) is 54.4 Å². The van der Waals surface area contributed by atoms with Crippen LogP contribution in [0.5, 0.6) is 0 Å². The normalized spacial score (nSPS) is 11.7. The molecule has 0 atom stereocenters. The van der Waals surface area contributed by atoms with E-state index in [9.17, 15) is 19.2 Å².